The van der Waals surface area contributed by atoms with E-state index in [4.69, 9.17) is 16.3 Å². The molecular formula is C23H17ClF4N4O2. The Morgan fingerprint density at radius 3 is 2.68 bits per heavy atom. The van der Waals surface area contributed by atoms with Crippen molar-refractivity contribution in [3.05, 3.63) is 77.0 Å². The number of ether oxygens (including phenoxy) is 1. The quantitative estimate of drug-likeness (QED) is 0.348. The summed E-state index contributed by atoms with van der Waals surface area (Å²) in [5.74, 6) is -3.27. The molecule has 4 rings (SSSR count). The van der Waals surface area contributed by atoms with Crippen molar-refractivity contribution in [3.63, 3.8) is 0 Å². The van der Waals surface area contributed by atoms with Crippen molar-refractivity contribution in [1.82, 2.24) is 20.3 Å². The molecule has 11 heteroatoms. The zero-order chi connectivity index (χ0) is 24.5. The van der Waals surface area contributed by atoms with Crippen LogP contribution < -0.4 is 10.1 Å². The van der Waals surface area contributed by atoms with Crippen molar-refractivity contribution in [3.8, 4) is 17.0 Å². The molecule has 176 valence electrons. The van der Waals surface area contributed by atoms with E-state index in [1.807, 2.05) is 0 Å². The van der Waals surface area contributed by atoms with E-state index in [-0.39, 0.29) is 33.3 Å². The summed E-state index contributed by atoms with van der Waals surface area (Å²) >= 11 is 5.83. The van der Waals surface area contributed by atoms with Gasteiger partial charge in [0, 0.05) is 17.7 Å². The number of hydrogen-bond acceptors (Lipinski definition) is 4. The van der Waals surface area contributed by atoms with Gasteiger partial charge in [-0.2, -0.15) is 13.2 Å². The number of carbonyl (C=O) groups is 1. The van der Waals surface area contributed by atoms with Gasteiger partial charge in [-0.3, -0.25) is 4.79 Å². The molecule has 6 nitrogen and oxygen atoms in total. The number of pyridine rings is 1. The molecule has 1 amide bonds. The van der Waals surface area contributed by atoms with Crippen LogP contribution in [0.25, 0.3) is 22.3 Å². The lowest BCUT2D eigenvalue weighted by molar-refractivity contribution is -0.149. The maximum atomic E-state index is 14.0. The molecule has 0 fully saturated rings. The number of fused-ring (bicyclic) bond motifs is 1. The number of nitrogens with zero attached hydrogens (tertiary/aromatic N) is 2. The highest BCUT2D eigenvalue weighted by molar-refractivity contribution is 6.31. The van der Waals surface area contributed by atoms with Crippen LogP contribution in [-0.4, -0.2) is 40.7 Å². The third kappa shape index (κ3) is 4.81. The lowest BCUT2D eigenvalue weighted by atomic mass is 10.0. The number of methoxy groups -OCH3 is 1. The molecule has 1 atom stereocenters. The lowest BCUT2D eigenvalue weighted by Crippen LogP contribution is -2.35. The molecule has 2 aromatic heterocycles. The summed E-state index contributed by atoms with van der Waals surface area (Å²) in [7, 11) is 1.34. The van der Waals surface area contributed by atoms with Crippen LogP contribution in [0.2, 0.25) is 5.02 Å². The highest BCUT2D eigenvalue weighted by Gasteiger charge is 2.42. The van der Waals surface area contributed by atoms with Crippen molar-refractivity contribution in [2.45, 2.75) is 12.1 Å². The molecule has 1 unspecified atom stereocenters. The minimum Gasteiger partial charge on any atom is -0.494 e. The van der Waals surface area contributed by atoms with Crippen LogP contribution in [0, 0.1) is 5.82 Å². The van der Waals surface area contributed by atoms with Crippen LogP contribution >= 0.6 is 11.6 Å². The summed E-state index contributed by atoms with van der Waals surface area (Å²) in [5, 5.41) is 2.12. The predicted molar refractivity (Wildman–Crippen MR) is 118 cm³/mol. The number of alkyl halides is 3. The monoisotopic (exact) mass is 492 g/mol. The van der Waals surface area contributed by atoms with Crippen LogP contribution in [0.4, 0.5) is 17.6 Å². The average molecular weight is 493 g/mol. The summed E-state index contributed by atoms with van der Waals surface area (Å²) in [5.41, 5.74) is 1.39. The number of rotatable bonds is 6. The van der Waals surface area contributed by atoms with Crippen LogP contribution in [0.3, 0.4) is 0 Å². The average Bonchev–Trinajstić information content (AvgIpc) is 3.28. The van der Waals surface area contributed by atoms with Crippen LogP contribution in [0.15, 0.2) is 54.9 Å². The molecular weight excluding hydrogens is 476 g/mol. The fourth-order valence-corrected chi connectivity index (χ4v) is 3.61. The first-order valence-corrected chi connectivity index (χ1v) is 10.3. The van der Waals surface area contributed by atoms with E-state index >= 15 is 0 Å². The van der Waals surface area contributed by atoms with Crippen molar-refractivity contribution in [2.24, 2.45) is 0 Å². The van der Waals surface area contributed by atoms with Gasteiger partial charge in [0.25, 0.3) is 5.91 Å². The lowest BCUT2D eigenvalue weighted by Gasteiger charge is -2.21. The number of hydrogen-bond donors (Lipinski definition) is 2. The van der Waals surface area contributed by atoms with E-state index in [9.17, 15) is 22.4 Å². The number of benzene rings is 2. The summed E-state index contributed by atoms with van der Waals surface area (Å²) in [4.78, 5) is 23.6. The van der Waals surface area contributed by atoms with Gasteiger partial charge in [-0.1, -0.05) is 11.6 Å². The number of nitrogens with one attached hydrogen (secondary N) is 2. The third-order valence-electron chi connectivity index (χ3n) is 5.19. The van der Waals surface area contributed by atoms with Crippen LogP contribution in [0.1, 0.15) is 22.0 Å². The summed E-state index contributed by atoms with van der Waals surface area (Å²) in [6.07, 6.45) is -3.26. The van der Waals surface area contributed by atoms with Gasteiger partial charge >= 0.3 is 6.18 Å². The van der Waals surface area contributed by atoms with Gasteiger partial charge < -0.3 is 15.0 Å². The van der Waals surface area contributed by atoms with Crippen molar-refractivity contribution in [2.75, 3.05) is 13.7 Å². The molecule has 2 N–H and O–H groups in total. The van der Waals surface area contributed by atoms with Crippen LogP contribution in [-0.2, 0) is 0 Å². The Morgan fingerprint density at radius 2 is 1.97 bits per heavy atom. The van der Waals surface area contributed by atoms with Crippen LogP contribution in [0.5, 0.6) is 5.75 Å². The van der Waals surface area contributed by atoms with Gasteiger partial charge in [0.1, 0.15) is 23.2 Å². The first-order chi connectivity index (χ1) is 16.2. The molecule has 0 bridgehead atoms. The molecule has 0 saturated carbocycles. The fraction of sp³-hybridized carbons (Fsp3) is 0.174. The Labute approximate surface area is 195 Å². The van der Waals surface area contributed by atoms with Gasteiger partial charge in [-0.05, 0) is 48.5 Å². The van der Waals surface area contributed by atoms with Gasteiger partial charge in [-0.15, -0.1) is 0 Å². The standard InChI is InChI=1S/C23H17ClF4N4O2/c1-34-20-7-6-17(32-21(20)12-2-4-16(25)15(24)8-12)14(23(26,27)28)10-29-22(33)13-3-5-18-19(9-13)31-11-30-18/h2-9,11,14H,10H2,1H3,(H,29,33)(H,30,31). The molecule has 0 spiro atoms. The number of amides is 1. The normalized spacial score (nSPS) is 12.5. The number of aromatic nitrogens is 3. The summed E-state index contributed by atoms with van der Waals surface area (Å²) in [6.45, 7) is -0.744. The van der Waals surface area contributed by atoms with E-state index in [0.29, 0.717) is 11.0 Å². The molecule has 0 aliphatic carbocycles. The van der Waals surface area contributed by atoms with E-state index in [1.54, 1.807) is 6.07 Å². The molecule has 0 radical (unpaired) electrons. The SMILES string of the molecule is COc1ccc(C(CNC(=O)c2ccc3nc[nH]c3c2)C(F)(F)F)nc1-c1ccc(F)c(Cl)c1. The molecule has 2 heterocycles. The molecule has 4 aromatic rings. The first kappa shape index (κ1) is 23.5. The number of halogens is 5. The Hall–Kier alpha value is -3.66. The molecule has 0 aliphatic heterocycles. The Balaban J connectivity index is 1.63. The molecule has 0 aliphatic rings. The minimum atomic E-state index is -4.71. The van der Waals surface area contributed by atoms with Crippen molar-refractivity contribution in [1.29, 1.82) is 0 Å². The van der Waals surface area contributed by atoms with E-state index in [1.165, 1.54) is 49.8 Å². The second-order valence-corrected chi connectivity index (χ2v) is 7.76. The largest absolute Gasteiger partial charge is 0.494 e. The second-order valence-electron chi connectivity index (χ2n) is 7.35. The Morgan fingerprint density at radius 1 is 1.18 bits per heavy atom. The number of aromatic amines is 1. The maximum Gasteiger partial charge on any atom is 0.398 e. The zero-order valence-corrected chi connectivity index (χ0v) is 18.3. The van der Waals surface area contributed by atoms with Gasteiger partial charge in [0.15, 0.2) is 0 Å². The van der Waals surface area contributed by atoms with E-state index < -0.39 is 30.4 Å². The fourth-order valence-electron chi connectivity index (χ4n) is 3.43. The maximum absolute atomic E-state index is 14.0. The molecule has 34 heavy (non-hydrogen) atoms. The smallest absolute Gasteiger partial charge is 0.398 e. The molecule has 0 saturated heterocycles. The zero-order valence-electron chi connectivity index (χ0n) is 17.6. The van der Waals surface area contributed by atoms with E-state index in [2.05, 4.69) is 20.3 Å². The number of carbonyl (C=O) groups excluding carboxylic acids is 1. The third-order valence-corrected chi connectivity index (χ3v) is 5.48. The predicted octanol–water partition coefficient (Wildman–Crippen LogP) is 5.50. The Kier molecular flexibility index (Phi) is 6.43. The first-order valence-electron chi connectivity index (χ1n) is 9.96. The Bertz CT molecular complexity index is 1360. The van der Waals surface area contributed by atoms with Crippen molar-refractivity contribution >= 4 is 28.5 Å². The van der Waals surface area contributed by atoms with E-state index in [0.717, 1.165) is 6.07 Å². The summed E-state index contributed by atoms with van der Waals surface area (Å²) in [6, 6.07) is 10.8. The number of imidazole rings is 1. The van der Waals surface area contributed by atoms with Gasteiger partial charge in [0.2, 0.25) is 0 Å². The van der Waals surface area contributed by atoms with Gasteiger partial charge in [0.05, 0.1) is 35.2 Å². The minimum absolute atomic E-state index is 0.0622. The second kappa shape index (κ2) is 9.30. The van der Waals surface area contributed by atoms with Crippen molar-refractivity contribution < 1.29 is 27.1 Å². The topological polar surface area (TPSA) is 79.9 Å². The highest BCUT2D eigenvalue weighted by atomic mass is 35.5. The summed E-state index contributed by atoms with van der Waals surface area (Å²) < 4.78 is 60.6. The number of H-pyrrole nitrogens is 1. The molecule has 2 aromatic carbocycles. The van der Waals surface area contributed by atoms with Gasteiger partial charge in [-0.25, -0.2) is 14.4 Å². The highest BCUT2D eigenvalue weighted by Crippen LogP contribution is 2.37.